The number of nitrogens with one attached hydrogen (secondary N) is 3. The van der Waals surface area contributed by atoms with Gasteiger partial charge in [0.1, 0.15) is 5.69 Å². The maximum absolute atomic E-state index is 11.3. The van der Waals surface area contributed by atoms with E-state index in [9.17, 15) is 20.3 Å². The molecule has 1 atom stereocenters. The molecule has 30 heavy (non-hydrogen) atoms. The van der Waals surface area contributed by atoms with Gasteiger partial charge in [0.05, 0.1) is 34.9 Å². The largest absolute Gasteiger partial charge is 0.514 e. The van der Waals surface area contributed by atoms with E-state index < -0.39 is 4.92 Å². The lowest BCUT2D eigenvalue weighted by atomic mass is 10.0. The first kappa shape index (κ1) is 23.1. The molecule has 1 aliphatic heterocycles. The molecule has 0 saturated carbocycles. The Morgan fingerprint density at radius 2 is 2.13 bits per heavy atom. The van der Waals surface area contributed by atoms with Crippen molar-refractivity contribution in [1.29, 1.82) is 5.41 Å². The van der Waals surface area contributed by atoms with E-state index in [2.05, 4.69) is 20.7 Å². The van der Waals surface area contributed by atoms with Gasteiger partial charge in [0.15, 0.2) is 0 Å². The second kappa shape index (κ2) is 12.4. The van der Waals surface area contributed by atoms with Gasteiger partial charge < -0.3 is 25.8 Å². The molecule has 0 spiro atoms. The monoisotopic (exact) mass is 418 g/mol. The van der Waals surface area contributed by atoms with E-state index in [0.29, 0.717) is 24.3 Å². The van der Waals surface area contributed by atoms with Gasteiger partial charge in [-0.05, 0) is 31.4 Å². The Balaban J connectivity index is 1.70. The number of nitrogens with zero attached hydrogens (tertiary/aromatic N) is 3. The van der Waals surface area contributed by atoms with Gasteiger partial charge in [-0.2, -0.15) is 5.10 Å². The van der Waals surface area contributed by atoms with Crippen molar-refractivity contribution in [1.82, 2.24) is 4.90 Å². The number of aliphatic hydroxyl groups is 2. The fourth-order valence-corrected chi connectivity index (χ4v) is 3.37. The zero-order valence-electron chi connectivity index (χ0n) is 17.0. The van der Waals surface area contributed by atoms with Gasteiger partial charge in [-0.1, -0.05) is 12.8 Å². The minimum atomic E-state index is -0.435. The highest BCUT2D eigenvalue weighted by atomic mass is 16.6. The highest BCUT2D eigenvalue weighted by Crippen LogP contribution is 2.28. The van der Waals surface area contributed by atoms with E-state index in [1.807, 2.05) is 0 Å². The van der Waals surface area contributed by atoms with Crippen LogP contribution in [0, 0.1) is 15.5 Å². The molecule has 2 rings (SSSR count). The number of unbranched alkanes of at least 4 members (excludes halogenated alkanes) is 3. The summed E-state index contributed by atoms with van der Waals surface area (Å²) >= 11 is 0. The smallest absolute Gasteiger partial charge is 0.294 e. The van der Waals surface area contributed by atoms with Crippen LogP contribution in [0.4, 0.5) is 17.1 Å². The Hall–Kier alpha value is -3.14. The SMILES string of the molecule is N=C/C=N\Nc1ccc(NCCCCCCN2CC[C@@H](O)C/C2=C\O)c([N+](=O)[O-])c1. The molecule has 164 valence electrons. The van der Waals surface area contributed by atoms with Gasteiger partial charge in [-0.25, -0.2) is 0 Å². The van der Waals surface area contributed by atoms with Gasteiger partial charge in [-0.15, -0.1) is 0 Å². The Labute approximate surface area is 175 Å². The number of piperidine rings is 1. The van der Waals surface area contributed by atoms with Gasteiger partial charge in [0.2, 0.25) is 0 Å². The van der Waals surface area contributed by atoms with Crippen molar-refractivity contribution in [2.45, 2.75) is 44.6 Å². The summed E-state index contributed by atoms with van der Waals surface area (Å²) < 4.78 is 0. The van der Waals surface area contributed by atoms with Crippen molar-refractivity contribution in [3.63, 3.8) is 0 Å². The molecular weight excluding hydrogens is 388 g/mol. The second-order valence-corrected chi connectivity index (χ2v) is 7.14. The normalized spacial score (nSPS) is 18.0. The molecule has 0 bridgehead atoms. The number of nitro groups is 1. The van der Waals surface area contributed by atoms with Crippen LogP contribution in [0.3, 0.4) is 0 Å². The Bertz CT molecular complexity index is 768. The fraction of sp³-hybridized carbons (Fsp3) is 0.500. The molecule has 1 aromatic carbocycles. The maximum Gasteiger partial charge on any atom is 0.294 e. The zero-order valence-corrected chi connectivity index (χ0v) is 17.0. The molecule has 1 fully saturated rings. The molecule has 0 radical (unpaired) electrons. The molecule has 1 heterocycles. The van der Waals surface area contributed by atoms with Crippen LogP contribution in [0.15, 0.2) is 35.3 Å². The number of hydrazone groups is 1. The van der Waals surface area contributed by atoms with Crippen molar-refractivity contribution in [2.75, 3.05) is 30.4 Å². The molecule has 1 saturated heterocycles. The summed E-state index contributed by atoms with van der Waals surface area (Å²) in [5, 5.41) is 44.0. The molecule has 0 amide bonds. The molecule has 10 nitrogen and oxygen atoms in total. The number of hydrogen-bond donors (Lipinski definition) is 5. The third kappa shape index (κ3) is 7.36. The van der Waals surface area contributed by atoms with Crippen LogP contribution >= 0.6 is 0 Å². The molecule has 1 aromatic rings. The lowest BCUT2D eigenvalue weighted by Crippen LogP contribution is -2.34. The predicted molar refractivity (Wildman–Crippen MR) is 118 cm³/mol. The minimum absolute atomic E-state index is 0.0272. The second-order valence-electron chi connectivity index (χ2n) is 7.14. The summed E-state index contributed by atoms with van der Waals surface area (Å²) in [6, 6.07) is 4.75. The molecular formula is C20H30N6O4. The van der Waals surface area contributed by atoms with E-state index in [1.165, 1.54) is 12.3 Å². The third-order valence-electron chi connectivity index (χ3n) is 4.94. The van der Waals surface area contributed by atoms with Crippen LogP contribution in [0.2, 0.25) is 0 Å². The molecule has 5 N–H and O–H groups in total. The van der Waals surface area contributed by atoms with Crippen LogP contribution in [0.5, 0.6) is 0 Å². The van der Waals surface area contributed by atoms with Gasteiger partial charge in [0, 0.05) is 38.3 Å². The van der Waals surface area contributed by atoms with Gasteiger partial charge in [0.25, 0.3) is 5.69 Å². The average molecular weight is 418 g/mol. The number of benzene rings is 1. The fourth-order valence-electron chi connectivity index (χ4n) is 3.37. The Morgan fingerprint density at radius 1 is 1.33 bits per heavy atom. The van der Waals surface area contributed by atoms with Crippen LogP contribution < -0.4 is 10.7 Å². The van der Waals surface area contributed by atoms with Crippen molar-refractivity contribution in [3.8, 4) is 0 Å². The summed E-state index contributed by atoms with van der Waals surface area (Å²) in [6.45, 7) is 2.25. The first-order valence-corrected chi connectivity index (χ1v) is 10.1. The van der Waals surface area contributed by atoms with E-state index in [1.54, 1.807) is 12.1 Å². The Morgan fingerprint density at radius 3 is 2.87 bits per heavy atom. The summed E-state index contributed by atoms with van der Waals surface area (Å²) in [5.41, 5.74) is 4.35. The van der Waals surface area contributed by atoms with Gasteiger partial charge in [-0.3, -0.25) is 15.5 Å². The summed E-state index contributed by atoms with van der Waals surface area (Å²) in [5.74, 6) is 0. The highest BCUT2D eigenvalue weighted by Gasteiger charge is 2.20. The van der Waals surface area contributed by atoms with E-state index >= 15 is 0 Å². The lowest BCUT2D eigenvalue weighted by molar-refractivity contribution is -0.383. The molecule has 0 aromatic heterocycles. The number of aliphatic hydroxyl groups excluding tert-OH is 2. The van der Waals surface area contributed by atoms with Crippen LogP contribution in [0.1, 0.15) is 38.5 Å². The van der Waals surface area contributed by atoms with Crippen LogP contribution in [-0.2, 0) is 0 Å². The quantitative estimate of drug-likeness (QED) is 0.115. The standard InChI is InChI=1S/C20H30N6O4/c21-8-10-23-24-16-5-6-19(20(13-16)26(29)30)22-9-3-1-2-4-11-25-12-7-18(28)14-17(25)15-27/h5-6,8,10,13,15,18,21-22,24,27-28H,1-4,7,9,11-12,14H2/b17-15+,21-8?,23-10-/t18-/m1/s1. The first-order chi connectivity index (χ1) is 14.5. The predicted octanol–water partition coefficient (Wildman–Crippen LogP) is 3.47. The number of anilines is 2. The summed E-state index contributed by atoms with van der Waals surface area (Å²) in [7, 11) is 0. The maximum atomic E-state index is 11.3. The number of hydrogen-bond acceptors (Lipinski definition) is 9. The molecule has 0 unspecified atom stereocenters. The topological polar surface area (TPSA) is 147 Å². The minimum Gasteiger partial charge on any atom is -0.514 e. The number of rotatable bonds is 12. The first-order valence-electron chi connectivity index (χ1n) is 10.1. The van der Waals surface area contributed by atoms with Crippen molar-refractivity contribution < 1.29 is 15.1 Å². The van der Waals surface area contributed by atoms with Crippen molar-refractivity contribution in [2.24, 2.45) is 5.10 Å². The van der Waals surface area contributed by atoms with E-state index in [4.69, 9.17) is 5.41 Å². The average Bonchev–Trinajstić information content (AvgIpc) is 2.74. The van der Waals surface area contributed by atoms with Gasteiger partial charge >= 0.3 is 0 Å². The van der Waals surface area contributed by atoms with Crippen molar-refractivity contribution in [3.05, 3.63) is 40.3 Å². The van der Waals surface area contributed by atoms with Crippen molar-refractivity contribution >= 4 is 29.5 Å². The van der Waals surface area contributed by atoms with E-state index in [-0.39, 0.29) is 11.8 Å². The summed E-state index contributed by atoms with van der Waals surface area (Å²) in [4.78, 5) is 13.0. The van der Waals surface area contributed by atoms with Crippen LogP contribution in [0.25, 0.3) is 0 Å². The molecule has 0 aliphatic carbocycles. The zero-order chi connectivity index (χ0) is 21.8. The number of likely N-dealkylation sites (tertiary alicyclic amines) is 1. The lowest BCUT2D eigenvalue weighted by Gasteiger charge is -2.33. The Kier molecular flexibility index (Phi) is 9.59. The van der Waals surface area contributed by atoms with E-state index in [0.717, 1.165) is 63.4 Å². The number of nitro benzene ring substituents is 1. The molecule has 1 aliphatic rings. The third-order valence-corrected chi connectivity index (χ3v) is 4.94. The van der Waals surface area contributed by atoms with Crippen LogP contribution in [-0.4, -0.2) is 58.2 Å². The molecule has 10 heteroatoms. The summed E-state index contributed by atoms with van der Waals surface area (Å²) in [6.07, 6.45) is 8.11. The highest BCUT2D eigenvalue weighted by molar-refractivity contribution is 6.14.